The van der Waals surface area contributed by atoms with Crippen LogP contribution in [-0.2, 0) is 14.4 Å². The molecule has 2 aliphatic carbocycles. The summed E-state index contributed by atoms with van der Waals surface area (Å²) in [4.78, 5) is 37.4. The number of amides is 3. The summed E-state index contributed by atoms with van der Waals surface area (Å²) in [7, 11) is 0. The number of hydrogen-bond donors (Lipinski definition) is 1. The first-order chi connectivity index (χ1) is 15.9. The molecule has 2 fully saturated rings. The lowest BCUT2D eigenvalue weighted by atomic mass is 9.85. The number of benzene rings is 2. The van der Waals surface area contributed by atoms with Crippen LogP contribution in [0.4, 0.5) is 10.1 Å². The summed E-state index contributed by atoms with van der Waals surface area (Å²) in [5.41, 5.74) is 1.02. The van der Waals surface area contributed by atoms with Crippen LogP contribution in [0.2, 0.25) is 5.02 Å². The number of carbonyl (C=O) groups is 3. The lowest BCUT2D eigenvalue weighted by molar-refractivity contribution is -0.140. The summed E-state index contributed by atoms with van der Waals surface area (Å²) >= 11 is 6.25. The van der Waals surface area contributed by atoms with Gasteiger partial charge in [0.1, 0.15) is 11.6 Å². The van der Waals surface area contributed by atoms with Gasteiger partial charge in [-0.05, 0) is 66.3 Å². The van der Waals surface area contributed by atoms with Gasteiger partial charge in [-0.1, -0.05) is 23.8 Å². The third-order valence-corrected chi connectivity index (χ3v) is 6.51. The molecule has 1 saturated heterocycles. The van der Waals surface area contributed by atoms with Crippen molar-refractivity contribution in [1.82, 2.24) is 5.01 Å². The Morgan fingerprint density at radius 3 is 2.42 bits per heavy atom. The second kappa shape index (κ2) is 8.44. The van der Waals surface area contributed by atoms with E-state index in [9.17, 15) is 18.8 Å². The Morgan fingerprint density at radius 2 is 1.79 bits per heavy atom. The molecule has 33 heavy (non-hydrogen) atoms. The molecule has 4 atom stereocenters. The average Bonchev–Trinajstić information content (AvgIpc) is 3.47. The number of hydrazone groups is 1. The fraction of sp³-hybridized carbons (Fsp3) is 0.250. The second-order valence-electron chi connectivity index (χ2n) is 8.27. The molecular weight excluding hydrogens is 449 g/mol. The van der Waals surface area contributed by atoms with Crippen LogP contribution < -0.4 is 10.1 Å². The van der Waals surface area contributed by atoms with Gasteiger partial charge in [0.2, 0.25) is 0 Å². The van der Waals surface area contributed by atoms with Crippen molar-refractivity contribution >= 4 is 41.2 Å². The Labute approximate surface area is 193 Å². The molecule has 168 valence electrons. The number of rotatable bonds is 6. The van der Waals surface area contributed by atoms with Crippen LogP contribution in [0.5, 0.6) is 5.75 Å². The first-order valence-corrected chi connectivity index (χ1v) is 10.9. The number of nitrogens with zero attached hydrogens (tertiary/aromatic N) is 2. The maximum absolute atomic E-state index is 12.9. The Bertz CT molecular complexity index is 1170. The van der Waals surface area contributed by atoms with Crippen molar-refractivity contribution in [3.8, 4) is 5.75 Å². The highest BCUT2D eigenvalue weighted by Gasteiger charge is 2.59. The topological polar surface area (TPSA) is 88.1 Å². The fourth-order valence-electron chi connectivity index (χ4n) is 4.71. The van der Waals surface area contributed by atoms with E-state index in [1.165, 1.54) is 30.5 Å². The average molecular weight is 468 g/mol. The van der Waals surface area contributed by atoms with Crippen molar-refractivity contribution in [1.29, 1.82) is 0 Å². The molecule has 7 nitrogen and oxygen atoms in total. The number of halogens is 2. The Morgan fingerprint density at radius 1 is 1.12 bits per heavy atom. The number of fused-ring (bicyclic) bond motifs is 5. The van der Waals surface area contributed by atoms with E-state index in [2.05, 4.69) is 10.4 Å². The number of hydrogen-bond acceptors (Lipinski definition) is 5. The lowest BCUT2D eigenvalue weighted by Crippen LogP contribution is -2.28. The van der Waals surface area contributed by atoms with Gasteiger partial charge in [-0.2, -0.15) is 10.1 Å². The minimum atomic E-state index is -0.427. The van der Waals surface area contributed by atoms with Gasteiger partial charge in [-0.15, -0.1) is 0 Å². The van der Waals surface area contributed by atoms with Crippen LogP contribution in [0, 0.1) is 29.5 Å². The Hall–Kier alpha value is -3.52. The zero-order valence-corrected chi connectivity index (χ0v) is 18.0. The summed E-state index contributed by atoms with van der Waals surface area (Å²) in [5.74, 6) is -1.39. The summed E-state index contributed by atoms with van der Waals surface area (Å²) < 4.78 is 18.4. The predicted molar refractivity (Wildman–Crippen MR) is 119 cm³/mol. The van der Waals surface area contributed by atoms with E-state index in [-0.39, 0.29) is 52.9 Å². The largest absolute Gasteiger partial charge is 0.482 e. The van der Waals surface area contributed by atoms with E-state index in [4.69, 9.17) is 16.3 Å². The fourth-order valence-corrected chi connectivity index (χ4v) is 4.96. The zero-order valence-electron chi connectivity index (χ0n) is 17.3. The second-order valence-corrected chi connectivity index (χ2v) is 8.67. The van der Waals surface area contributed by atoms with Crippen molar-refractivity contribution in [3.63, 3.8) is 0 Å². The van der Waals surface area contributed by atoms with E-state index in [0.717, 1.165) is 11.4 Å². The molecule has 1 heterocycles. The van der Waals surface area contributed by atoms with E-state index in [1.54, 1.807) is 18.2 Å². The molecule has 2 aromatic rings. The number of imide groups is 1. The van der Waals surface area contributed by atoms with E-state index in [0.29, 0.717) is 11.3 Å². The molecule has 2 bridgehead atoms. The van der Waals surface area contributed by atoms with Gasteiger partial charge >= 0.3 is 0 Å². The van der Waals surface area contributed by atoms with Crippen molar-refractivity contribution in [2.45, 2.75) is 6.42 Å². The van der Waals surface area contributed by atoms with Gasteiger partial charge < -0.3 is 10.1 Å². The smallest absolute Gasteiger partial charge is 0.262 e. The van der Waals surface area contributed by atoms with Crippen LogP contribution in [-0.4, -0.2) is 35.6 Å². The molecular formula is C24H19ClFN3O4. The number of ether oxygens (including phenoxy) is 1. The maximum Gasteiger partial charge on any atom is 0.262 e. The number of carbonyl (C=O) groups excluding carboxylic acids is 3. The van der Waals surface area contributed by atoms with Crippen molar-refractivity contribution in [2.24, 2.45) is 28.8 Å². The Balaban J connectivity index is 1.19. The molecule has 3 amide bonds. The first-order valence-electron chi connectivity index (χ1n) is 10.5. The molecule has 1 N–H and O–H groups in total. The summed E-state index contributed by atoms with van der Waals surface area (Å²) in [6.07, 6.45) is 6.33. The normalized spacial score (nSPS) is 25.2. The van der Waals surface area contributed by atoms with Crippen LogP contribution in [0.3, 0.4) is 0 Å². The van der Waals surface area contributed by atoms with E-state index in [1.807, 2.05) is 12.2 Å². The van der Waals surface area contributed by atoms with Gasteiger partial charge in [0, 0.05) is 5.69 Å². The Kier molecular flexibility index (Phi) is 5.46. The highest BCUT2D eigenvalue weighted by atomic mass is 35.5. The molecule has 0 aromatic heterocycles. The molecule has 5 rings (SSSR count). The number of anilines is 1. The van der Waals surface area contributed by atoms with Crippen molar-refractivity contribution in [3.05, 3.63) is 71.0 Å². The quantitative estimate of drug-likeness (QED) is 0.399. The molecule has 0 spiro atoms. The van der Waals surface area contributed by atoms with Crippen LogP contribution in [0.15, 0.2) is 59.7 Å². The highest BCUT2D eigenvalue weighted by Crippen LogP contribution is 2.52. The van der Waals surface area contributed by atoms with Crippen molar-refractivity contribution < 1.29 is 23.5 Å². The molecule has 2 aromatic carbocycles. The van der Waals surface area contributed by atoms with Crippen LogP contribution in [0.25, 0.3) is 0 Å². The van der Waals surface area contributed by atoms with Gasteiger partial charge in [0.05, 0.1) is 23.1 Å². The molecule has 4 unspecified atom stereocenters. The minimum Gasteiger partial charge on any atom is -0.482 e. The molecule has 0 radical (unpaired) electrons. The monoisotopic (exact) mass is 467 g/mol. The molecule has 9 heteroatoms. The summed E-state index contributed by atoms with van der Waals surface area (Å²) in [6, 6.07) is 10.2. The summed E-state index contributed by atoms with van der Waals surface area (Å²) in [6.45, 7) is -0.291. The standard InChI is InChI=1S/C24H19ClFN3O4/c25-18-9-13(1-8-19(18)33-12-20(30)28-17-6-4-16(26)5-7-17)11-27-29-23(31)21-14-2-3-15(10-14)22(21)24(29)32/h1-9,11,14-15,21-22H,10,12H2,(H,28,30). The number of nitrogens with one attached hydrogen (secondary N) is 1. The van der Waals surface area contributed by atoms with Gasteiger partial charge in [0.25, 0.3) is 17.7 Å². The molecule has 1 saturated carbocycles. The highest BCUT2D eigenvalue weighted by molar-refractivity contribution is 6.32. The molecule has 1 aliphatic heterocycles. The SMILES string of the molecule is O=C(COc1ccc(C=NN2C(=O)C3C4C=CC(C4)C3C2=O)cc1Cl)Nc1ccc(F)cc1. The van der Waals surface area contributed by atoms with Gasteiger partial charge in [-0.25, -0.2) is 4.39 Å². The van der Waals surface area contributed by atoms with E-state index >= 15 is 0 Å². The van der Waals surface area contributed by atoms with Gasteiger partial charge in [-0.3, -0.25) is 14.4 Å². The summed E-state index contributed by atoms with van der Waals surface area (Å²) in [5, 5.41) is 7.93. The van der Waals surface area contributed by atoms with Crippen LogP contribution >= 0.6 is 11.6 Å². The van der Waals surface area contributed by atoms with Gasteiger partial charge in [0.15, 0.2) is 6.61 Å². The molecule has 3 aliphatic rings. The third kappa shape index (κ3) is 4.02. The maximum atomic E-state index is 12.9. The van der Waals surface area contributed by atoms with E-state index < -0.39 is 11.7 Å². The zero-order chi connectivity index (χ0) is 23.1. The van der Waals surface area contributed by atoms with Crippen LogP contribution in [0.1, 0.15) is 12.0 Å². The first kappa shape index (κ1) is 21.3. The lowest BCUT2D eigenvalue weighted by Gasteiger charge is -2.13. The predicted octanol–water partition coefficient (Wildman–Crippen LogP) is 3.64. The minimum absolute atomic E-state index is 0.128. The van der Waals surface area contributed by atoms with Crippen molar-refractivity contribution in [2.75, 3.05) is 11.9 Å². The third-order valence-electron chi connectivity index (χ3n) is 6.21. The number of allylic oxidation sites excluding steroid dienone is 2.